The van der Waals surface area contributed by atoms with E-state index in [-0.39, 0.29) is 5.69 Å². The lowest BCUT2D eigenvalue weighted by molar-refractivity contribution is -0.123. The lowest BCUT2D eigenvalue weighted by Gasteiger charge is -2.14. The maximum atomic E-state index is 13.1. The first-order chi connectivity index (χ1) is 12.9. The van der Waals surface area contributed by atoms with Crippen molar-refractivity contribution in [2.75, 3.05) is 5.32 Å². The Bertz CT molecular complexity index is 955. The number of benzene rings is 2. The lowest BCUT2D eigenvalue weighted by Crippen LogP contribution is -2.30. The molecule has 6 nitrogen and oxygen atoms in total. The van der Waals surface area contributed by atoms with Crippen molar-refractivity contribution < 1.29 is 18.7 Å². The van der Waals surface area contributed by atoms with Crippen LogP contribution in [0.3, 0.4) is 0 Å². The number of amides is 1. The zero-order valence-electron chi connectivity index (χ0n) is 14.2. The molecule has 1 atom stereocenters. The van der Waals surface area contributed by atoms with Crippen LogP contribution in [0.25, 0.3) is 5.69 Å². The number of esters is 1. The summed E-state index contributed by atoms with van der Waals surface area (Å²) in [6, 6.07) is 12.1. The van der Waals surface area contributed by atoms with Gasteiger partial charge in [0.15, 0.2) is 11.8 Å². The summed E-state index contributed by atoms with van der Waals surface area (Å²) in [5.41, 5.74) is 1.19. The standard InChI is InChI=1S/C19H15ClFN3O3/c1-12(18(25)23-15-6-2-13(20)3-7-15)27-19(26)17-10-22-11-24(17)16-8-4-14(21)5-9-16/h2-12H,1H3,(H,23,25). The van der Waals surface area contributed by atoms with Crippen LogP contribution in [0.4, 0.5) is 10.1 Å². The van der Waals surface area contributed by atoms with Crippen molar-refractivity contribution in [1.82, 2.24) is 9.55 Å². The van der Waals surface area contributed by atoms with Gasteiger partial charge in [0.2, 0.25) is 0 Å². The van der Waals surface area contributed by atoms with Crippen molar-refractivity contribution in [2.45, 2.75) is 13.0 Å². The van der Waals surface area contributed by atoms with E-state index in [0.29, 0.717) is 16.4 Å². The van der Waals surface area contributed by atoms with Gasteiger partial charge in [-0.25, -0.2) is 14.2 Å². The van der Waals surface area contributed by atoms with Crippen molar-refractivity contribution >= 4 is 29.2 Å². The molecule has 3 rings (SSSR count). The Kier molecular flexibility index (Phi) is 5.52. The zero-order valence-corrected chi connectivity index (χ0v) is 15.0. The predicted octanol–water partition coefficient (Wildman–Crippen LogP) is 3.85. The first kappa shape index (κ1) is 18.6. The molecule has 0 saturated heterocycles. The Hall–Kier alpha value is -3.19. The van der Waals surface area contributed by atoms with Crippen LogP contribution < -0.4 is 5.32 Å². The second kappa shape index (κ2) is 8.01. The number of ether oxygens (including phenoxy) is 1. The third-order valence-electron chi connectivity index (χ3n) is 3.72. The molecular formula is C19H15ClFN3O3. The van der Waals surface area contributed by atoms with E-state index in [9.17, 15) is 14.0 Å². The molecule has 27 heavy (non-hydrogen) atoms. The van der Waals surface area contributed by atoms with Gasteiger partial charge in [-0.3, -0.25) is 9.36 Å². The van der Waals surface area contributed by atoms with Crippen LogP contribution in [0, 0.1) is 5.82 Å². The molecule has 1 unspecified atom stereocenters. The van der Waals surface area contributed by atoms with Gasteiger partial charge >= 0.3 is 5.97 Å². The summed E-state index contributed by atoms with van der Waals surface area (Å²) in [7, 11) is 0. The van der Waals surface area contributed by atoms with Crippen molar-refractivity contribution in [3.63, 3.8) is 0 Å². The molecule has 3 aromatic rings. The number of nitrogens with zero attached hydrogens (tertiary/aromatic N) is 2. The van der Waals surface area contributed by atoms with Gasteiger partial charge in [-0.15, -0.1) is 0 Å². The van der Waals surface area contributed by atoms with Crippen molar-refractivity contribution in [3.8, 4) is 5.69 Å². The number of hydrogen-bond acceptors (Lipinski definition) is 4. The van der Waals surface area contributed by atoms with Gasteiger partial charge < -0.3 is 10.1 Å². The van der Waals surface area contributed by atoms with Crippen LogP contribution in [0.2, 0.25) is 5.02 Å². The van der Waals surface area contributed by atoms with Crippen LogP contribution in [-0.4, -0.2) is 27.5 Å². The number of anilines is 1. The van der Waals surface area contributed by atoms with Gasteiger partial charge in [-0.05, 0) is 55.5 Å². The summed E-state index contributed by atoms with van der Waals surface area (Å²) < 4.78 is 19.8. The van der Waals surface area contributed by atoms with Gasteiger partial charge in [0.25, 0.3) is 5.91 Å². The summed E-state index contributed by atoms with van der Waals surface area (Å²) in [6.07, 6.45) is 1.68. The fraction of sp³-hybridized carbons (Fsp3) is 0.105. The van der Waals surface area contributed by atoms with E-state index in [2.05, 4.69) is 10.3 Å². The maximum Gasteiger partial charge on any atom is 0.357 e. The first-order valence-corrected chi connectivity index (χ1v) is 8.37. The number of carbonyl (C=O) groups excluding carboxylic acids is 2. The molecule has 1 amide bonds. The normalized spacial score (nSPS) is 11.7. The Balaban J connectivity index is 1.68. The van der Waals surface area contributed by atoms with E-state index >= 15 is 0 Å². The fourth-order valence-corrected chi connectivity index (χ4v) is 2.43. The van der Waals surface area contributed by atoms with E-state index in [4.69, 9.17) is 16.3 Å². The molecule has 0 aliphatic carbocycles. The Labute approximate surface area is 159 Å². The summed E-state index contributed by atoms with van der Waals surface area (Å²) in [4.78, 5) is 28.6. The van der Waals surface area contributed by atoms with Gasteiger partial charge in [-0.2, -0.15) is 0 Å². The molecule has 1 heterocycles. The van der Waals surface area contributed by atoms with Gasteiger partial charge in [0, 0.05) is 16.4 Å². The maximum absolute atomic E-state index is 13.1. The quantitative estimate of drug-likeness (QED) is 0.675. The van der Waals surface area contributed by atoms with Crippen LogP contribution in [0.1, 0.15) is 17.4 Å². The number of carbonyl (C=O) groups is 2. The van der Waals surface area contributed by atoms with Crippen molar-refractivity contribution in [3.05, 3.63) is 77.6 Å². The van der Waals surface area contributed by atoms with Crippen LogP contribution in [0.15, 0.2) is 61.1 Å². The molecular weight excluding hydrogens is 373 g/mol. The summed E-state index contributed by atoms with van der Waals surface area (Å²) >= 11 is 5.80. The molecule has 2 aromatic carbocycles. The van der Waals surface area contributed by atoms with Crippen LogP contribution in [0.5, 0.6) is 0 Å². The summed E-state index contributed by atoms with van der Waals surface area (Å²) in [6.45, 7) is 1.46. The fourth-order valence-electron chi connectivity index (χ4n) is 2.31. The number of halogens is 2. The topological polar surface area (TPSA) is 73.2 Å². The van der Waals surface area contributed by atoms with Gasteiger partial charge in [-0.1, -0.05) is 11.6 Å². The third-order valence-corrected chi connectivity index (χ3v) is 3.97. The van der Waals surface area contributed by atoms with E-state index in [0.717, 1.165) is 0 Å². The number of nitrogens with one attached hydrogen (secondary N) is 1. The Morgan fingerprint density at radius 3 is 2.48 bits per heavy atom. The first-order valence-electron chi connectivity index (χ1n) is 8.00. The van der Waals surface area contributed by atoms with Gasteiger partial charge in [0.1, 0.15) is 5.82 Å². The van der Waals surface area contributed by atoms with E-state index in [1.807, 2.05) is 0 Å². The van der Waals surface area contributed by atoms with Crippen molar-refractivity contribution in [2.24, 2.45) is 0 Å². The molecule has 8 heteroatoms. The highest BCUT2D eigenvalue weighted by atomic mass is 35.5. The molecule has 1 N–H and O–H groups in total. The smallest absolute Gasteiger partial charge is 0.357 e. The minimum Gasteiger partial charge on any atom is -0.448 e. The predicted molar refractivity (Wildman–Crippen MR) is 98.5 cm³/mol. The minimum absolute atomic E-state index is 0.118. The third kappa shape index (κ3) is 4.51. The van der Waals surface area contributed by atoms with Crippen LogP contribution in [-0.2, 0) is 9.53 Å². The Morgan fingerprint density at radius 1 is 1.15 bits per heavy atom. The highest BCUT2D eigenvalue weighted by molar-refractivity contribution is 6.30. The molecule has 0 saturated carbocycles. The molecule has 0 aliphatic rings. The SMILES string of the molecule is CC(OC(=O)c1cncn1-c1ccc(F)cc1)C(=O)Nc1ccc(Cl)cc1. The largest absolute Gasteiger partial charge is 0.448 e. The average molecular weight is 388 g/mol. The molecule has 0 spiro atoms. The highest BCUT2D eigenvalue weighted by Crippen LogP contribution is 2.16. The number of imidazole rings is 1. The van der Waals surface area contributed by atoms with Gasteiger partial charge in [0.05, 0.1) is 12.5 Å². The van der Waals surface area contributed by atoms with E-state index in [1.165, 1.54) is 48.3 Å². The minimum atomic E-state index is -1.04. The van der Waals surface area contributed by atoms with E-state index in [1.54, 1.807) is 24.3 Å². The molecule has 0 bridgehead atoms. The number of aromatic nitrogens is 2. The monoisotopic (exact) mass is 387 g/mol. The number of rotatable bonds is 5. The van der Waals surface area contributed by atoms with E-state index < -0.39 is 23.8 Å². The molecule has 0 aliphatic heterocycles. The Morgan fingerprint density at radius 2 is 1.81 bits per heavy atom. The van der Waals surface area contributed by atoms with Crippen molar-refractivity contribution in [1.29, 1.82) is 0 Å². The summed E-state index contributed by atoms with van der Waals surface area (Å²) in [5, 5.41) is 3.18. The molecule has 0 radical (unpaired) electrons. The summed E-state index contributed by atoms with van der Waals surface area (Å²) in [5.74, 6) is -1.61. The molecule has 138 valence electrons. The number of hydrogen-bond donors (Lipinski definition) is 1. The zero-order chi connectivity index (χ0) is 19.4. The highest BCUT2D eigenvalue weighted by Gasteiger charge is 2.22. The van der Waals surface area contributed by atoms with Crippen LogP contribution >= 0.6 is 11.6 Å². The average Bonchev–Trinajstić information content (AvgIpc) is 3.14. The second-order valence-electron chi connectivity index (χ2n) is 5.67. The lowest BCUT2D eigenvalue weighted by atomic mass is 10.3. The second-order valence-corrected chi connectivity index (χ2v) is 6.11. The molecule has 0 fully saturated rings. The molecule has 1 aromatic heterocycles.